The van der Waals surface area contributed by atoms with Crippen LogP contribution in [0.2, 0.25) is 15.1 Å². The molecule has 0 bridgehead atoms. The third-order valence-electron chi connectivity index (χ3n) is 8.68. The van der Waals surface area contributed by atoms with Crippen LogP contribution in [0.3, 0.4) is 0 Å². The Bertz CT molecular complexity index is 1760. The zero-order valence-electron chi connectivity index (χ0n) is 24.3. The van der Waals surface area contributed by atoms with Crippen molar-refractivity contribution in [2.45, 2.75) is 45.3 Å². The van der Waals surface area contributed by atoms with Crippen LogP contribution >= 0.6 is 34.8 Å². The molecule has 8 nitrogen and oxygen atoms in total. The molecular weight excluding hydrogens is 633 g/mol. The SMILES string of the molecule is C=CC(=O)N1CCN(c2c(C#N)c(=O)n(CC3CCCN3CC)c3c(F)c(-c4c(N)c(Cl)cc(Cl)c4F)c(Cl)cc23)CC1C. The highest BCUT2D eigenvalue weighted by Gasteiger charge is 2.34. The van der Waals surface area contributed by atoms with Gasteiger partial charge in [0.2, 0.25) is 5.91 Å². The van der Waals surface area contributed by atoms with Crippen LogP contribution in [0, 0.1) is 23.0 Å². The quantitative estimate of drug-likeness (QED) is 0.195. The molecule has 13 heteroatoms. The maximum atomic E-state index is 17.1. The van der Waals surface area contributed by atoms with E-state index in [9.17, 15) is 14.9 Å². The summed E-state index contributed by atoms with van der Waals surface area (Å²) in [5.41, 5.74) is 4.27. The number of pyridine rings is 1. The minimum absolute atomic E-state index is 0.0901. The van der Waals surface area contributed by atoms with Crippen LogP contribution in [0.1, 0.15) is 32.3 Å². The zero-order valence-corrected chi connectivity index (χ0v) is 26.5. The number of likely N-dealkylation sites (N-methyl/N-ethyl adjacent to an activating group) is 1. The molecular formula is C31H31Cl3F2N6O2. The van der Waals surface area contributed by atoms with E-state index in [0.29, 0.717) is 0 Å². The fourth-order valence-corrected chi connectivity index (χ4v) is 7.30. The Morgan fingerprint density at radius 2 is 1.86 bits per heavy atom. The molecule has 44 heavy (non-hydrogen) atoms. The standard InChI is InChI=1S/C31H31Cl3F2N6O2/c1-4-23(43)41-10-9-40(14-16(41)3)29-18-11-20(32)24(25-26(35)21(33)12-22(34)28(25)38)27(36)30(18)42(31(44)19(29)13-37)15-17-7-6-8-39(17)5-2/h4,11-12,16-17H,1,5-10,14-15,38H2,2-3H3. The van der Waals surface area contributed by atoms with Crippen LogP contribution in [0.25, 0.3) is 22.0 Å². The smallest absolute Gasteiger partial charge is 0.271 e. The molecule has 0 aliphatic carbocycles. The van der Waals surface area contributed by atoms with E-state index in [1.165, 1.54) is 16.7 Å². The fourth-order valence-electron chi connectivity index (χ4n) is 6.55. The number of rotatable bonds is 6. The lowest BCUT2D eigenvalue weighted by Gasteiger charge is -2.41. The lowest BCUT2D eigenvalue weighted by molar-refractivity contribution is -0.128. The van der Waals surface area contributed by atoms with E-state index < -0.39 is 28.3 Å². The topological polar surface area (TPSA) is 98.6 Å². The molecule has 0 saturated carbocycles. The normalized spacial score (nSPS) is 19.0. The number of nitrogens with zero attached hydrogens (tertiary/aromatic N) is 5. The second kappa shape index (κ2) is 12.6. The van der Waals surface area contributed by atoms with Crippen molar-refractivity contribution in [2.24, 2.45) is 0 Å². The molecule has 2 aliphatic rings. The zero-order chi connectivity index (χ0) is 32.0. The Labute approximate surface area is 268 Å². The number of nitrogen functional groups attached to an aromatic ring is 1. The Hall–Kier alpha value is -3.36. The van der Waals surface area contributed by atoms with Gasteiger partial charge in [-0.15, -0.1) is 0 Å². The number of hydrogen-bond acceptors (Lipinski definition) is 6. The predicted molar refractivity (Wildman–Crippen MR) is 172 cm³/mol. The number of halogens is 5. The number of piperazine rings is 1. The van der Waals surface area contributed by atoms with Gasteiger partial charge in [0.1, 0.15) is 11.6 Å². The third kappa shape index (κ3) is 5.30. The lowest BCUT2D eigenvalue weighted by Crippen LogP contribution is -2.54. The van der Waals surface area contributed by atoms with Gasteiger partial charge in [-0.05, 0) is 51.1 Å². The predicted octanol–water partition coefficient (Wildman–Crippen LogP) is 6.07. The minimum Gasteiger partial charge on any atom is -0.397 e. The van der Waals surface area contributed by atoms with Crippen molar-refractivity contribution < 1.29 is 13.6 Å². The molecule has 0 spiro atoms. The van der Waals surface area contributed by atoms with Crippen molar-refractivity contribution in [3.63, 3.8) is 0 Å². The van der Waals surface area contributed by atoms with Crippen molar-refractivity contribution in [1.82, 2.24) is 14.4 Å². The highest BCUT2D eigenvalue weighted by molar-refractivity contribution is 6.38. The van der Waals surface area contributed by atoms with E-state index in [1.807, 2.05) is 13.8 Å². The van der Waals surface area contributed by atoms with Gasteiger partial charge in [-0.1, -0.05) is 48.3 Å². The number of benzene rings is 2. The summed E-state index contributed by atoms with van der Waals surface area (Å²) in [7, 11) is 0. The van der Waals surface area contributed by atoms with E-state index in [4.69, 9.17) is 40.5 Å². The summed E-state index contributed by atoms with van der Waals surface area (Å²) in [4.78, 5) is 32.2. The average molecular weight is 664 g/mol. The second-order valence-electron chi connectivity index (χ2n) is 11.1. The van der Waals surface area contributed by atoms with Crippen molar-refractivity contribution in [2.75, 3.05) is 43.4 Å². The number of carbonyl (C=O) groups excluding carboxylic acids is 1. The minimum atomic E-state index is -1.01. The third-order valence-corrected chi connectivity index (χ3v) is 9.57. The van der Waals surface area contributed by atoms with E-state index in [2.05, 4.69) is 17.5 Å². The van der Waals surface area contributed by atoms with Crippen LogP contribution in [0.5, 0.6) is 0 Å². The highest BCUT2D eigenvalue weighted by Crippen LogP contribution is 2.45. The van der Waals surface area contributed by atoms with Crippen LogP contribution in [0.15, 0.2) is 29.6 Å². The van der Waals surface area contributed by atoms with Gasteiger partial charge < -0.3 is 20.1 Å². The number of nitriles is 1. The first-order valence-electron chi connectivity index (χ1n) is 14.3. The lowest BCUT2D eigenvalue weighted by atomic mass is 9.97. The van der Waals surface area contributed by atoms with Crippen molar-refractivity contribution in [3.05, 3.63) is 67.4 Å². The van der Waals surface area contributed by atoms with Gasteiger partial charge in [-0.25, -0.2) is 8.78 Å². The summed E-state index contributed by atoms with van der Waals surface area (Å²) >= 11 is 19.0. The van der Waals surface area contributed by atoms with Gasteiger partial charge in [0.15, 0.2) is 11.6 Å². The summed E-state index contributed by atoms with van der Waals surface area (Å²) in [5, 5.41) is 9.85. The number of likely N-dealkylation sites (tertiary alicyclic amines) is 1. The van der Waals surface area contributed by atoms with Gasteiger partial charge in [-0.3, -0.25) is 14.5 Å². The number of hydrogen-bond donors (Lipinski definition) is 1. The van der Waals surface area contributed by atoms with Gasteiger partial charge in [0.25, 0.3) is 5.56 Å². The molecule has 3 heterocycles. The molecule has 2 saturated heterocycles. The van der Waals surface area contributed by atoms with Gasteiger partial charge in [0.05, 0.1) is 32.0 Å². The molecule has 232 valence electrons. The summed E-state index contributed by atoms with van der Waals surface area (Å²) in [5.74, 6) is -2.25. The Balaban J connectivity index is 1.83. The molecule has 2 N–H and O–H groups in total. The largest absolute Gasteiger partial charge is 0.397 e. The maximum Gasteiger partial charge on any atom is 0.271 e. The summed E-state index contributed by atoms with van der Waals surface area (Å²) in [6.07, 6.45) is 2.91. The Morgan fingerprint density at radius 1 is 1.14 bits per heavy atom. The van der Waals surface area contributed by atoms with E-state index in [-0.39, 0.29) is 87.1 Å². The van der Waals surface area contributed by atoms with E-state index in [1.54, 1.807) is 9.80 Å². The Kier molecular flexibility index (Phi) is 9.15. The maximum absolute atomic E-state index is 17.1. The number of amides is 1. The van der Waals surface area contributed by atoms with Gasteiger partial charge in [0, 0.05) is 54.8 Å². The van der Waals surface area contributed by atoms with Crippen LogP contribution in [0.4, 0.5) is 20.2 Å². The number of fused-ring (bicyclic) bond motifs is 1. The van der Waals surface area contributed by atoms with Gasteiger partial charge in [-0.2, -0.15) is 5.26 Å². The summed E-state index contributed by atoms with van der Waals surface area (Å²) in [6, 6.07) is 4.20. The summed E-state index contributed by atoms with van der Waals surface area (Å²) in [6.45, 7) is 9.86. The van der Waals surface area contributed by atoms with Crippen molar-refractivity contribution >= 4 is 63.0 Å². The molecule has 5 rings (SSSR count). The first-order valence-corrected chi connectivity index (χ1v) is 15.4. The van der Waals surface area contributed by atoms with Crippen LogP contribution < -0.4 is 16.2 Å². The van der Waals surface area contributed by atoms with Crippen molar-refractivity contribution in [3.8, 4) is 17.2 Å². The second-order valence-corrected chi connectivity index (χ2v) is 12.3. The first kappa shape index (κ1) is 32.0. The highest BCUT2D eigenvalue weighted by atomic mass is 35.5. The van der Waals surface area contributed by atoms with Crippen LogP contribution in [-0.4, -0.2) is 65.1 Å². The molecule has 1 aromatic heterocycles. The fraction of sp³-hybridized carbons (Fsp3) is 0.387. The first-order chi connectivity index (χ1) is 20.9. The molecule has 2 aliphatic heterocycles. The molecule has 2 atom stereocenters. The Morgan fingerprint density at radius 3 is 2.50 bits per heavy atom. The summed E-state index contributed by atoms with van der Waals surface area (Å²) < 4.78 is 33.8. The number of nitrogens with two attached hydrogens (primary N) is 1. The monoisotopic (exact) mass is 662 g/mol. The molecule has 2 fully saturated rings. The average Bonchev–Trinajstić information content (AvgIpc) is 3.45. The number of anilines is 2. The molecule has 3 aromatic rings. The molecule has 2 aromatic carbocycles. The van der Waals surface area contributed by atoms with E-state index in [0.717, 1.165) is 32.0 Å². The molecule has 0 radical (unpaired) electrons. The number of aromatic nitrogens is 1. The van der Waals surface area contributed by atoms with Crippen molar-refractivity contribution in [1.29, 1.82) is 5.26 Å². The molecule has 1 amide bonds. The van der Waals surface area contributed by atoms with E-state index >= 15 is 8.78 Å². The molecule has 2 unspecified atom stereocenters. The van der Waals surface area contributed by atoms with Crippen LogP contribution in [-0.2, 0) is 11.3 Å². The number of carbonyl (C=O) groups is 1. The van der Waals surface area contributed by atoms with Gasteiger partial charge >= 0.3 is 0 Å².